The quantitative estimate of drug-likeness (QED) is 0.199. The summed E-state index contributed by atoms with van der Waals surface area (Å²) < 4.78 is 14.8. The average molecular weight is 652 g/mol. The lowest BCUT2D eigenvalue weighted by Gasteiger charge is -2.70. The Balaban J connectivity index is 1.21. The Labute approximate surface area is 270 Å². The third-order valence-corrected chi connectivity index (χ3v) is 10.1. The number of fused-ring (bicyclic) bond motifs is 1. The number of rotatable bonds is 10. The molecular formula is C34H33Cl2FN4O4. The summed E-state index contributed by atoms with van der Waals surface area (Å²) in [6.07, 6.45) is 2.69. The van der Waals surface area contributed by atoms with Crippen molar-refractivity contribution in [1.29, 1.82) is 0 Å². The van der Waals surface area contributed by atoms with E-state index in [1.807, 2.05) is 30.3 Å². The van der Waals surface area contributed by atoms with E-state index in [1.54, 1.807) is 24.3 Å². The molecule has 4 aliphatic rings. The number of nitrogens with zero attached hydrogens (tertiary/aromatic N) is 1. The maximum atomic E-state index is 14.8. The molecule has 3 aromatic rings. The minimum absolute atomic E-state index is 0.00105. The Morgan fingerprint density at radius 2 is 1.60 bits per heavy atom. The van der Waals surface area contributed by atoms with Gasteiger partial charge in [-0.1, -0.05) is 77.8 Å². The molecule has 0 saturated heterocycles. The molecule has 0 spiro atoms. The highest BCUT2D eigenvalue weighted by atomic mass is 35.5. The molecular weight excluding hydrogens is 618 g/mol. The van der Waals surface area contributed by atoms with Crippen LogP contribution in [0.15, 0.2) is 66.7 Å². The molecule has 3 aromatic carbocycles. The van der Waals surface area contributed by atoms with Crippen LogP contribution in [0, 0.1) is 11.2 Å². The summed E-state index contributed by atoms with van der Waals surface area (Å²) >= 11 is 11.9. The maximum absolute atomic E-state index is 14.8. The van der Waals surface area contributed by atoms with Gasteiger partial charge < -0.3 is 21.3 Å². The molecule has 0 aromatic heterocycles. The number of hydrogen-bond acceptors (Lipinski definition) is 5. The Bertz CT molecular complexity index is 1660. The first-order valence-electron chi connectivity index (χ1n) is 14.9. The monoisotopic (exact) mass is 650 g/mol. The highest BCUT2D eigenvalue weighted by Gasteiger charge is 2.66. The summed E-state index contributed by atoms with van der Waals surface area (Å²) in [4.78, 5) is 55.4. The molecule has 3 saturated carbocycles. The van der Waals surface area contributed by atoms with Gasteiger partial charge in [0.05, 0.1) is 15.7 Å². The van der Waals surface area contributed by atoms with Crippen LogP contribution in [0.5, 0.6) is 0 Å². The number of ketones is 1. The fourth-order valence-corrected chi connectivity index (χ4v) is 7.52. The zero-order valence-electron chi connectivity index (χ0n) is 24.5. The molecule has 4 N–H and O–H groups in total. The molecule has 7 rings (SSSR count). The molecule has 45 heavy (non-hydrogen) atoms. The molecule has 2 atom stereocenters. The predicted octanol–water partition coefficient (Wildman–Crippen LogP) is 5.44. The Hall–Kier alpha value is -3.79. The van der Waals surface area contributed by atoms with E-state index in [9.17, 15) is 23.6 Å². The molecule has 234 valence electrons. The molecule has 0 radical (unpaired) electrons. The summed E-state index contributed by atoms with van der Waals surface area (Å²) in [5, 5.41) is 5.13. The first kappa shape index (κ1) is 31.2. The first-order chi connectivity index (χ1) is 21.5. The van der Waals surface area contributed by atoms with Crippen LogP contribution in [0.4, 0.5) is 10.1 Å². The topological polar surface area (TPSA) is 122 Å². The standard InChI is InChI=1S/C34H33Cl2FN4O4/c35-23-10-11-24(30(37)29(23)36)39-31(44)25(15-33-17-34(38,18-33)19-33)40-32(45)26-14-21-8-4-5-9-22(21)16-41(26)28(43)13-12-27(42)20-6-2-1-3-7-20/h1-11,25-26H,12-19,38H2,(H,39,44)(H,40,45)/t25?,26-,33?,34?/m0/s1. The van der Waals surface area contributed by atoms with Gasteiger partial charge in [-0.05, 0) is 54.4 Å². The van der Waals surface area contributed by atoms with Crippen LogP contribution in [0.3, 0.4) is 0 Å². The van der Waals surface area contributed by atoms with Gasteiger partial charge in [0.2, 0.25) is 17.7 Å². The Morgan fingerprint density at radius 1 is 0.933 bits per heavy atom. The minimum atomic E-state index is -1.02. The third kappa shape index (κ3) is 6.34. The highest BCUT2D eigenvalue weighted by molar-refractivity contribution is 6.42. The van der Waals surface area contributed by atoms with Crippen LogP contribution in [-0.2, 0) is 27.3 Å². The van der Waals surface area contributed by atoms with Gasteiger partial charge in [-0.2, -0.15) is 0 Å². The van der Waals surface area contributed by atoms with Gasteiger partial charge in [-0.25, -0.2) is 4.39 Å². The number of hydrogen-bond donors (Lipinski definition) is 3. The smallest absolute Gasteiger partial charge is 0.247 e. The molecule has 3 amide bonds. The Kier molecular flexibility index (Phi) is 8.45. The first-order valence-corrected chi connectivity index (χ1v) is 15.7. The van der Waals surface area contributed by atoms with Gasteiger partial charge in [0, 0.05) is 36.9 Å². The number of anilines is 1. The minimum Gasteiger partial charge on any atom is -0.342 e. The van der Waals surface area contributed by atoms with E-state index < -0.39 is 29.7 Å². The maximum Gasteiger partial charge on any atom is 0.247 e. The number of carbonyl (C=O) groups excluding carboxylic acids is 4. The molecule has 11 heteroatoms. The average Bonchev–Trinajstić information content (AvgIpc) is 3.01. The molecule has 3 fully saturated rings. The predicted molar refractivity (Wildman–Crippen MR) is 169 cm³/mol. The summed E-state index contributed by atoms with van der Waals surface area (Å²) in [6, 6.07) is 17.1. The van der Waals surface area contributed by atoms with Crippen LogP contribution in [0.1, 0.15) is 60.0 Å². The summed E-state index contributed by atoms with van der Waals surface area (Å²) in [7, 11) is 0. The van der Waals surface area contributed by atoms with Crippen LogP contribution in [0.25, 0.3) is 0 Å². The summed E-state index contributed by atoms with van der Waals surface area (Å²) in [5.41, 5.74) is 8.04. The molecule has 8 nitrogen and oxygen atoms in total. The number of halogens is 3. The van der Waals surface area contributed by atoms with Gasteiger partial charge in [0.25, 0.3) is 0 Å². The van der Waals surface area contributed by atoms with Gasteiger partial charge in [0.1, 0.15) is 12.1 Å². The van der Waals surface area contributed by atoms with Crippen molar-refractivity contribution in [2.24, 2.45) is 11.1 Å². The number of benzene rings is 3. The SMILES string of the molecule is NC12CC(CC(NC(=O)[C@@H]3Cc4ccccc4CN3C(=O)CCC(=O)c3ccccc3)C(=O)Nc3ccc(Cl)c(Cl)c3F)(C1)C2. The fraction of sp³-hybridized carbons (Fsp3) is 0.353. The van der Waals surface area contributed by atoms with E-state index in [0.29, 0.717) is 12.0 Å². The summed E-state index contributed by atoms with van der Waals surface area (Å²) in [6.45, 7) is 0.192. The van der Waals surface area contributed by atoms with Gasteiger partial charge in [0.15, 0.2) is 11.6 Å². The zero-order valence-corrected chi connectivity index (χ0v) is 26.0. The normalized spacial score (nSPS) is 23.6. The van der Waals surface area contributed by atoms with Gasteiger partial charge in [-0.3, -0.25) is 19.2 Å². The largest absolute Gasteiger partial charge is 0.342 e. The van der Waals surface area contributed by atoms with Crippen LogP contribution in [0.2, 0.25) is 10.0 Å². The van der Waals surface area contributed by atoms with Crippen molar-refractivity contribution in [2.75, 3.05) is 5.32 Å². The fourth-order valence-electron chi connectivity index (χ4n) is 7.21. The molecule has 1 heterocycles. The van der Waals surface area contributed by atoms with Crippen molar-refractivity contribution in [1.82, 2.24) is 10.2 Å². The van der Waals surface area contributed by atoms with E-state index >= 15 is 0 Å². The van der Waals surface area contributed by atoms with Crippen LogP contribution >= 0.6 is 23.2 Å². The number of Topliss-reactive ketones (excluding diaryl/α,β-unsaturated/α-hetero) is 1. The van der Waals surface area contributed by atoms with Crippen molar-refractivity contribution in [3.63, 3.8) is 0 Å². The van der Waals surface area contributed by atoms with Gasteiger partial charge in [-0.15, -0.1) is 0 Å². The van der Waals surface area contributed by atoms with Crippen LogP contribution < -0.4 is 16.4 Å². The van der Waals surface area contributed by atoms with Crippen molar-refractivity contribution in [3.8, 4) is 0 Å². The van der Waals surface area contributed by atoms with Gasteiger partial charge >= 0.3 is 0 Å². The number of nitrogens with two attached hydrogens (primary N) is 1. The van der Waals surface area contributed by atoms with Crippen molar-refractivity contribution < 1.29 is 23.6 Å². The highest BCUT2D eigenvalue weighted by Crippen LogP contribution is 2.68. The van der Waals surface area contributed by atoms with E-state index in [4.69, 9.17) is 28.9 Å². The lowest BCUT2D eigenvalue weighted by molar-refractivity contribution is -0.151. The van der Waals surface area contributed by atoms with E-state index in [-0.39, 0.29) is 64.2 Å². The second-order valence-corrected chi connectivity index (χ2v) is 13.5. The van der Waals surface area contributed by atoms with E-state index in [2.05, 4.69) is 10.6 Å². The lowest BCUT2D eigenvalue weighted by Crippen LogP contribution is -2.73. The number of carbonyl (C=O) groups is 4. The lowest BCUT2D eigenvalue weighted by atomic mass is 9.38. The number of nitrogens with one attached hydrogen (secondary N) is 2. The summed E-state index contributed by atoms with van der Waals surface area (Å²) in [5.74, 6) is -2.49. The number of amides is 3. The van der Waals surface area contributed by atoms with Crippen molar-refractivity contribution >= 4 is 52.4 Å². The Morgan fingerprint density at radius 3 is 2.29 bits per heavy atom. The van der Waals surface area contributed by atoms with Crippen molar-refractivity contribution in [2.45, 2.75) is 69.1 Å². The van der Waals surface area contributed by atoms with Crippen molar-refractivity contribution in [3.05, 3.63) is 99.3 Å². The van der Waals surface area contributed by atoms with Crippen LogP contribution in [-0.4, -0.2) is 46.0 Å². The van der Waals surface area contributed by atoms with E-state index in [0.717, 1.165) is 30.4 Å². The second-order valence-electron chi connectivity index (χ2n) is 12.7. The molecule has 1 unspecified atom stereocenters. The molecule has 3 aliphatic carbocycles. The molecule has 1 aliphatic heterocycles. The molecule has 2 bridgehead atoms. The third-order valence-electron chi connectivity index (χ3n) is 9.28. The van der Waals surface area contributed by atoms with E-state index in [1.165, 1.54) is 17.0 Å². The second kappa shape index (κ2) is 12.2. The zero-order chi connectivity index (χ0) is 31.9.